The first-order valence-corrected chi connectivity index (χ1v) is 10.2. The Morgan fingerprint density at radius 1 is 1.00 bits per heavy atom. The van der Waals surface area contributed by atoms with Crippen LogP contribution in [-0.2, 0) is 7.05 Å². The van der Waals surface area contributed by atoms with Gasteiger partial charge in [0.2, 0.25) is 5.82 Å². The molecule has 0 amide bonds. The monoisotopic (exact) mass is 429 g/mol. The molecule has 31 heavy (non-hydrogen) atoms. The summed E-state index contributed by atoms with van der Waals surface area (Å²) in [7, 11) is 3.59. The number of hydrogen-bond donors (Lipinski definition) is 0. The van der Waals surface area contributed by atoms with E-state index < -0.39 is 0 Å². The van der Waals surface area contributed by atoms with Gasteiger partial charge in [-0.2, -0.15) is 0 Å². The van der Waals surface area contributed by atoms with Gasteiger partial charge in [-0.15, -0.1) is 5.10 Å². The van der Waals surface area contributed by atoms with Crippen LogP contribution in [0.1, 0.15) is 5.56 Å². The molecule has 2 aromatic carbocycles. The fourth-order valence-corrected chi connectivity index (χ4v) is 4.21. The average Bonchev–Trinajstić information content (AvgIpc) is 3.38. The Labute approximate surface area is 184 Å². The molecule has 7 heteroatoms. The van der Waals surface area contributed by atoms with Crippen LogP contribution in [0.25, 0.3) is 39.4 Å². The molecule has 0 aliphatic rings. The van der Waals surface area contributed by atoms with Gasteiger partial charge in [0.05, 0.1) is 7.11 Å². The van der Waals surface area contributed by atoms with Crippen molar-refractivity contribution in [1.82, 2.24) is 24.1 Å². The quantitative estimate of drug-likeness (QED) is 0.382. The van der Waals surface area contributed by atoms with Gasteiger partial charge in [-0.3, -0.25) is 0 Å². The zero-order chi connectivity index (χ0) is 21.5. The molecular weight excluding hydrogens is 410 g/mol. The summed E-state index contributed by atoms with van der Waals surface area (Å²) in [5.74, 6) is 1.95. The molecule has 5 aromatic rings. The van der Waals surface area contributed by atoms with Gasteiger partial charge >= 0.3 is 0 Å². The maximum Gasteiger partial charge on any atom is 0.217 e. The summed E-state index contributed by atoms with van der Waals surface area (Å²) in [5, 5.41) is 5.12. The third-order valence-electron chi connectivity index (χ3n) is 5.47. The maximum absolute atomic E-state index is 6.75. The molecule has 0 spiro atoms. The van der Waals surface area contributed by atoms with E-state index in [9.17, 15) is 0 Å². The van der Waals surface area contributed by atoms with Crippen molar-refractivity contribution < 1.29 is 4.74 Å². The van der Waals surface area contributed by atoms with Crippen LogP contribution in [0, 0.1) is 6.92 Å². The molecule has 5 rings (SSSR count). The number of nitrogens with zero attached hydrogens (tertiary/aromatic N) is 5. The fraction of sp³-hybridized carbons (Fsp3) is 0.125. The van der Waals surface area contributed by atoms with E-state index in [1.807, 2.05) is 54.3 Å². The van der Waals surface area contributed by atoms with Crippen molar-refractivity contribution in [3.63, 3.8) is 0 Å². The Bertz CT molecular complexity index is 1400. The highest BCUT2D eigenvalue weighted by Gasteiger charge is 2.22. The van der Waals surface area contributed by atoms with Crippen molar-refractivity contribution in [2.45, 2.75) is 6.92 Å². The van der Waals surface area contributed by atoms with Gasteiger partial charge in [0, 0.05) is 36.8 Å². The summed E-state index contributed by atoms with van der Waals surface area (Å²) in [4.78, 5) is 8.95. The minimum absolute atomic E-state index is 0.374. The first-order chi connectivity index (χ1) is 15.1. The molecule has 3 heterocycles. The Balaban J connectivity index is 1.85. The minimum Gasteiger partial charge on any atom is -0.496 e. The molecule has 154 valence electrons. The number of imidazole rings is 1. The molecule has 0 saturated heterocycles. The molecular formula is C24H20ClN5O. The Hall–Kier alpha value is -3.64. The first-order valence-electron chi connectivity index (χ1n) is 9.84. The molecule has 0 aliphatic carbocycles. The van der Waals surface area contributed by atoms with E-state index in [1.54, 1.807) is 17.8 Å². The van der Waals surface area contributed by atoms with Crippen LogP contribution in [0.2, 0.25) is 5.15 Å². The lowest BCUT2D eigenvalue weighted by atomic mass is 9.94. The number of rotatable bonds is 4. The van der Waals surface area contributed by atoms with Gasteiger partial charge in [-0.1, -0.05) is 54.1 Å². The number of aryl methyl sites for hydroxylation is 1. The number of aromatic nitrogens is 5. The Morgan fingerprint density at radius 3 is 2.52 bits per heavy atom. The summed E-state index contributed by atoms with van der Waals surface area (Å²) in [5.41, 5.74) is 5.88. The van der Waals surface area contributed by atoms with Gasteiger partial charge in [-0.25, -0.2) is 14.5 Å². The van der Waals surface area contributed by atoms with Gasteiger partial charge in [0.15, 0.2) is 11.0 Å². The molecule has 0 fully saturated rings. The first kappa shape index (κ1) is 19.3. The maximum atomic E-state index is 6.75. The van der Waals surface area contributed by atoms with E-state index in [0.717, 1.165) is 39.1 Å². The number of hydrogen-bond acceptors (Lipinski definition) is 4. The van der Waals surface area contributed by atoms with Crippen LogP contribution >= 0.6 is 11.6 Å². The average molecular weight is 430 g/mol. The summed E-state index contributed by atoms with van der Waals surface area (Å²) < 4.78 is 9.23. The van der Waals surface area contributed by atoms with Crippen LogP contribution < -0.4 is 4.74 Å². The van der Waals surface area contributed by atoms with Gasteiger partial charge < -0.3 is 9.30 Å². The number of fused-ring (bicyclic) bond motifs is 1. The van der Waals surface area contributed by atoms with Crippen molar-refractivity contribution in [2.24, 2.45) is 7.05 Å². The fourth-order valence-electron chi connectivity index (χ4n) is 3.94. The van der Waals surface area contributed by atoms with Crippen molar-refractivity contribution in [2.75, 3.05) is 7.11 Å². The number of ether oxygens (including phenoxy) is 1. The van der Waals surface area contributed by atoms with Crippen LogP contribution in [0.3, 0.4) is 0 Å². The van der Waals surface area contributed by atoms with Gasteiger partial charge in [-0.05, 0) is 29.7 Å². The van der Waals surface area contributed by atoms with Crippen LogP contribution in [0.15, 0.2) is 67.1 Å². The molecule has 0 aliphatic heterocycles. The second-order valence-electron chi connectivity index (χ2n) is 7.30. The van der Waals surface area contributed by atoms with E-state index in [4.69, 9.17) is 21.4 Å². The highest BCUT2D eigenvalue weighted by atomic mass is 35.5. The number of benzene rings is 2. The summed E-state index contributed by atoms with van der Waals surface area (Å²) in [6.07, 6.45) is 5.57. The third kappa shape index (κ3) is 3.16. The van der Waals surface area contributed by atoms with E-state index in [0.29, 0.717) is 16.8 Å². The molecule has 6 nitrogen and oxygen atoms in total. The highest BCUT2D eigenvalue weighted by Crippen LogP contribution is 2.41. The molecule has 0 N–H and O–H groups in total. The van der Waals surface area contributed by atoms with E-state index in [-0.39, 0.29) is 0 Å². The van der Waals surface area contributed by atoms with Crippen LogP contribution in [0.5, 0.6) is 5.75 Å². The van der Waals surface area contributed by atoms with Crippen molar-refractivity contribution in [1.29, 1.82) is 0 Å². The van der Waals surface area contributed by atoms with E-state index in [2.05, 4.69) is 35.1 Å². The summed E-state index contributed by atoms with van der Waals surface area (Å²) in [6.45, 7) is 2.05. The highest BCUT2D eigenvalue weighted by molar-refractivity contribution is 6.34. The predicted molar refractivity (Wildman–Crippen MR) is 122 cm³/mol. The van der Waals surface area contributed by atoms with E-state index in [1.165, 1.54) is 0 Å². The third-order valence-corrected chi connectivity index (χ3v) is 5.73. The molecule has 3 aromatic heterocycles. The van der Waals surface area contributed by atoms with Crippen LogP contribution in [0.4, 0.5) is 0 Å². The van der Waals surface area contributed by atoms with Gasteiger partial charge in [0.1, 0.15) is 11.3 Å². The second-order valence-corrected chi connectivity index (χ2v) is 7.66. The smallest absolute Gasteiger partial charge is 0.217 e. The zero-order valence-electron chi connectivity index (χ0n) is 17.4. The summed E-state index contributed by atoms with van der Waals surface area (Å²) in [6, 6.07) is 16.2. The van der Waals surface area contributed by atoms with Gasteiger partial charge in [0.25, 0.3) is 0 Å². The predicted octanol–water partition coefficient (Wildman–Crippen LogP) is 5.43. The van der Waals surface area contributed by atoms with Crippen molar-refractivity contribution >= 4 is 17.1 Å². The molecule has 0 unspecified atom stereocenters. The van der Waals surface area contributed by atoms with Crippen molar-refractivity contribution in [3.8, 4) is 39.7 Å². The summed E-state index contributed by atoms with van der Waals surface area (Å²) >= 11 is 6.75. The standard InChI is InChI=1S/C24H20ClN5O/c1-15-17(10-7-11-19(15)31-3)18-14-30-21(20(18)16-8-5-4-6-9-16)22(25)27-23(28-30)24-26-12-13-29(24)2/h4-14H,1-3H3. The normalized spacial score (nSPS) is 11.2. The lowest BCUT2D eigenvalue weighted by Gasteiger charge is -2.11. The Kier molecular flexibility index (Phi) is 4.71. The minimum atomic E-state index is 0.374. The number of halogens is 1. The lowest BCUT2D eigenvalue weighted by molar-refractivity contribution is 0.412. The largest absolute Gasteiger partial charge is 0.496 e. The lowest BCUT2D eigenvalue weighted by Crippen LogP contribution is -2.02. The Morgan fingerprint density at radius 2 is 1.81 bits per heavy atom. The van der Waals surface area contributed by atoms with E-state index >= 15 is 0 Å². The second kappa shape index (κ2) is 7.56. The van der Waals surface area contributed by atoms with Crippen LogP contribution in [-0.4, -0.2) is 31.3 Å². The SMILES string of the molecule is COc1cccc(-c2cn3nc(-c4nccn4C)nc(Cl)c3c2-c2ccccc2)c1C. The molecule has 0 saturated carbocycles. The number of methoxy groups -OCH3 is 1. The molecule has 0 bridgehead atoms. The zero-order valence-corrected chi connectivity index (χ0v) is 18.1. The molecule has 0 radical (unpaired) electrons. The van der Waals surface area contributed by atoms with Crippen molar-refractivity contribution in [3.05, 3.63) is 77.8 Å². The molecule has 0 atom stereocenters. The topological polar surface area (TPSA) is 57.2 Å².